The Morgan fingerprint density at radius 1 is 1.16 bits per heavy atom. The lowest BCUT2D eigenvalue weighted by Gasteiger charge is -2.30. The van der Waals surface area contributed by atoms with Crippen molar-refractivity contribution in [2.75, 3.05) is 6.54 Å². The fourth-order valence-corrected chi connectivity index (χ4v) is 3.29. The van der Waals surface area contributed by atoms with Crippen LogP contribution in [0.5, 0.6) is 0 Å². The van der Waals surface area contributed by atoms with Crippen LogP contribution in [0.25, 0.3) is 0 Å². The predicted molar refractivity (Wildman–Crippen MR) is 74.6 cm³/mol. The van der Waals surface area contributed by atoms with Crippen molar-refractivity contribution >= 4 is 11.8 Å². The van der Waals surface area contributed by atoms with Gasteiger partial charge in [0.05, 0.1) is 12.5 Å². The van der Waals surface area contributed by atoms with Gasteiger partial charge in [0.15, 0.2) is 0 Å². The molecule has 1 unspecified atom stereocenters. The zero-order valence-corrected chi connectivity index (χ0v) is 12.2. The number of likely N-dealkylation sites (tertiary alicyclic amines) is 1. The first-order valence-corrected chi connectivity index (χ1v) is 7.75. The molecule has 1 atom stereocenters. The van der Waals surface area contributed by atoms with Crippen molar-refractivity contribution in [2.24, 2.45) is 5.92 Å². The van der Waals surface area contributed by atoms with E-state index in [9.17, 15) is 9.59 Å². The fraction of sp³-hybridized carbons (Fsp3) is 0.867. The van der Waals surface area contributed by atoms with Crippen molar-refractivity contribution in [3.8, 4) is 0 Å². The molecule has 1 saturated carbocycles. The van der Waals surface area contributed by atoms with E-state index in [0.717, 1.165) is 25.2 Å². The first kappa shape index (κ1) is 14.5. The van der Waals surface area contributed by atoms with Crippen molar-refractivity contribution in [1.29, 1.82) is 0 Å². The number of imide groups is 1. The first-order chi connectivity index (χ1) is 9.15. The summed E-state index contributed by atoms with van der Waals surface area (Å²) in [5, 5.41) is 3.42. The van der Waals surface area contributed by atoms with Crippen molar-refractivity contribution in [1.82, 2.24) is 10.2 Å². The average Bonchev–Trinajstić information content (AvgIpc) is 2.68. The normalized spacial score (nSPS) is 32.1. The van der Waals surface area contributed by atoms with Gasteiger partial charge in [-0.1, -0.05) is 20.3 Å². The zero-order valence-electron chi connectivity index (χ0n) is 12.2. The van der Waals surface area contributed by atoms with Gasteiger partial charge in [0, 0.05) is 12.6 Å². The molecule has 2 rings (SSSR count). The summed E-state index contributed by atoms with van der Waals surface area (Å²) < 4.78 is 0. The van der Waals surface area contributed by atoms with Crippen molar-refractivity contribution in [3.05, 3.63) is 0 Å². The Hall–Kier alpha value is -0.900. The van der Waals surface area contributed by atoms with E-state index in [1.807, 2.05) is 6.92 Å². The van der Waals surface area contributed by atoms with Gasteiger partial charge in [-0.25, -0.2) is 0 Å². The monoisotopic (exact) mass is 266 g/mol. The van der Waals surface area contributed by atoms with Gasteiger partial charge in [-0.2, -0.15) is 0 Å². The molecule has 2 amide bonds. The van der Waals surface area contributed by atoms with E-state index in [4.69, 9.17) is 0 Å². The van der Waals surface area contributed by atoms with Gasteiger partial charge in [0.25, 0.3) is 0 Å². The van der Waals surface area contributed by atoms with Crippen LogP contribution in [0.2, 0.25) is 0 Å². The van der Waals surface area contributed by atoms with Gasteiger partial charge in [-0.3, -0.25) is 14.5 Å². The Labute approximate surface area is 115 Å². The second-order valence-electron chi connectivity index (χ2n) is 5.93. The van der Waals surface area contributed by atoms with E-state index in [1.165, 1.54) is 24.2 Å². The second-order valence-corrected chi connectivity index (χ2v) is 5.93. The molecule has 0 aromatic rings. The molecule has 4 nitrogen and oxygen atoms in total. The summed E-state index contributed by atoms with van der Waals surface area (Å²) in [7, 11) is 0. The van der Waals surface area contributed by atoms with Crippen LogP contribution in [0.4, 0.5) is 0 Å². The molecule has 0 spiro atoms. The van der Waals surface area contributed by atoms with Crippen LogP contribution in [0, 0.1) is 5.92 Å². The smallest absolute Gasteiger partial charge is 0.246 e. The highest BCUT2D eigenvalue weighted by Gasteiger charge is 2.39. The third-order valence-corrected chi connectivity index (χ3v) is 4.55. The summed E-state index contributed by atoms with van der Waals surface area (Å²) >= 11 is 0. The van der Waals surface area contributed by atoms with Crippen molar-refractivity contribution in [3.63, 3.8) is 0 Å². The number of carbonyl (C=O) groups excluding carboxylic acids is 2. The lowest BCUT2D eigenvalue weighted by Crippen LogP contribution is -2.45. The molecule has 19 heavy (non-hydrogen) atoms. The van der Waals surface area contributed by atoms with Crippen molar-refractivity contribution in [2.45, 2.75) is 70.9 Å². The molecule has 2 aliphatic rings. The highest BCUT2D eigenvalue weighted by atomic mass is 16.2. The molecule has 1 saturated heterocycles. The number of hydrogen-bond donors (Lipinski definition) is 1. The Balaban J connectivity index is 1.84. The standard InChI is InChI=1S/C15H26N2O2/c1-3-9-17-14(18)10-13(15(17)19)16-12-7-5-11(4-2)6-8-12/h11-13,16H,3-10H2,1-2H3. The summed E-state index contributed by atoms with van der Waals surface area (Å²) in [6.07, 6.45) is 7.24. The average molecular weight is 266 g/mol. The molecule has 108 valence electrons. The third kappa shape index (κ3) is 3.35. The molecule has 0 bridgehead atoms. The van der Waals surface area contributed by atoms with E-state index in [1.54, 1.807) is 0 Å². The van der Waals surface area contributed by atoms with Gasteiger partial charge >= 0.3 is 0 Å². The quantitative estimate of drug-likeness (QED) is 0.775. The highest BCUT2D eigenvalue weighted by molar-refractivity contribution is 6.05. The summed E-state index contributed by atoms with van der Waals surface area (Å²) in [4.78, 5) is 25.4. The van der Waals surface area contributed by atoms with E-state index >= 15 is 0 Å². The van der Waals surface area contributed by atoms with Crippen LogP contribution >= 0.6 is 0 Å². The van der Waals surface area contributed by atoms with E-state index in [0.29, 0.717) is 19.0 Å². The topological polar surface area (TPSA) is 49.4 Å². The van der Waals surface area contributed by atoms with Crippen LogP contribution in [0.1, 0.15) is 58.8 Å². The van der Waals surface area contributed by atoms with Crippen LogP contribution in [0.15, 0.2) is 0 Å². The van der Waals surface area contributed by atoms with Crippen LogP contribution < -0.4 is 5.32 Å². The molecular weight excluding hydrogens is 240 g/mol. The Morgan fingerprint density at radius 3 is 2.42 bits per heavy atom. The second kappa shape index (κ2) is 6.51. The third-order valence-electron chi connectivity index (χ3n) is 4.55. The lowest BCUT2D eigenvalue weighted by molar-refractivity contribution is -0.138. The van der Waals surface area contributed by atoms with E-state index < -0.39 is 0 Å². The molecule has 1 heterocycles. The van der Waals surface area contributed by atoms with Crippen molar-refractivity contribution < 1.29 is 9.59 Å². The van der Waals surface area contributed by atoms with Gasteiger partial charge in [-0.05, 0) is 38.0 Å². The molecule has 1 N–H and O–H groups in total. The summed E-state index contributed by atoms with van der Waals surface area (Å²) in [5.41, 5.74) is 0. The molecule has 1 aliphatic heterocycles. The number of nitrogens with one attached hydrogen (secondary N) is 1. The summed E-state index contributed by atoms with van der Waals surface area (Å²) in [5.74, 6) is 0.839. The van der Waals surface area contributed by atoms with Gasteiger partial charge in [0.1, 0.15) is 0 Å². The lowest BCUT2D eigenvalue weighted by atomic mass is 9.84. The molecule has 0 aromatic carbocycles. The maximum atomic E-state index is 12.1. The first-order valence-electron chi connectivity index (χ1n) is 7.75. The molecular formula is C15H26N2O2. The Bertz CT molecular complexity index is 335. The molecule has 4 heteroatoms. The Morgan fingerprint density at radius 2 is 1.84 bits per heavy atom. The van der Waals surface area contributed by atoms with Crippen LogP contribution in [-0.4, -0.2) is 35.3 Å². The zero-order chi connectivity index (χ0) is 13.8. The van der Waals surface area contributed by atoms with E-state index in [-0.39, 0.29) is 17.9 Å². The van der Waals surface area contributed by atoms with Gasteiger partial charge < -0.3 is 5.32 Å². The maximum absolute atomic E-state index is 12.1. The minimum absolute atomic E-state index is 0.00778. The number of rotatable bonds is 5. The number of carbonyl (C=O) groups is 2. The summed E-state index contributed by atoms with van der Waals surface area (Å²) in [6.45, 7) is 4.81. The summed E-state index contributed by atoms with van der Waals surface area (Å²) in [6, 6.07) is 0.161. The maximum Gasteiger partial charge on any atom is 0.246 e. The number of nitrogens with zero attached hydrogens (tertiary/aromatic N) is 1. The molecule has 2 fully saturated rings. The minimum Gasteiger partial charge on any atom is -0.303 e. The number of amides is 2. The van der Waals surface area contributed by atoms with E-state index in [2.05, 4.69) is 12.2 Å². The van der Waals surface area contributed by atoms with Crippen LogP contribution in [-0.2, 0) is 9.59 Å². The molecule has 1 aliphatic carbocycles. The minimum atomic E-state index is -0.262. The SMILES string of the molecule is CCCN1C(=O)CC(NC2CCC(CC)CC2)C1=O. The van der Waals surface area contributed by atoms with Crippen LogP contribution in [0.3, 0.4) is 0 Å². The Kier molecular flexibility index (Phi) is 4.97. The van der Waals surface area contributed by atoms with Gasteiger partial charge in [0.2, 0.25) is 11.8 Å². The van der Waals surface area contributed by atoms with Gasteiger partial charge in [-0.15, -0.1) is 0 Å². The highest BCUT2D eigenvalue weighted by Crippen LogP contribution is 2.27. The molecule has 0 radical (unpaired) electrons. The predicted octanol–water partition coefficient (Wildman–Crippen LogP) is 2.08. The fourth-order valence-electron chi connectivity index (χ4n) is 3.29. The number of hydrogen-bond acceptors (Lipinski definition) is 3. The molecule has 0 aromatic heterocycles. The largest absolute Gasteiger partial charge is 0.303 e.